The van der Waals surface area contributed by atoms with Gasteiger partial charge in [0.2, 0.25) is 0 Å². The van der Waals surface area contributed by atoms with Crippen molar-refractivity contribution in [3.63, 3.8) is 0 Å². The van der Waals surface area contributed by atoms with Crippen LogP contribution >= 0.6 is 11.8 Å². The molecule has 1 aromatic heterocycles. The van der Waals surface area contributed by atoms with Crippen LogP contribution in [-0.4, -0.2) is 4.57 Å². The van der Waals surface area contributed by atoms with Gasteiger partial charge in [0.1, 0.15) is 0 Å². The summed E-state index contributed by atoms with van der Waals surface area (Å²) in [5.41, 5.74) is 14.3. The van der Waals surface area contributed by atoms with Crippen LogP contribution in [0, 0.1) is 0 Å². The average Bonchev–Trinajstić information content (AvgIpc) is 3.64. The summed E-state index contributed by atoms with van der Waals surface area (Å²) < 4.78 is 2.41. The van der Waals surface area contributed by atoms with Crippen LogP contribution in [0.2, 0.25) is 0 Å². The van der Waals surface area contributed by atoms with E-state index in [1.807, 2.05) is 11.8 Å². The summed E-state index contributed by atoms with van der Waals surface area (Å²) >= 11 is 1.89. The number of hydrogen-bond donors (Lipinski definition) is 0. The smallest absolute Gasteiger partial charge is 0.0735 e. The maximum Gasteiger partial charge on any atom is 0.0735 e. The average molecular weight is 781 g/mol. The van der Waals surface area contributed by atoms with Crippen LogP contribution in [0.15, 0.2) is 228 Å². The summed E-state index contributed by atoms with van der Waals surface area (Å²) in [6.07, 6.45) is 0. The second-order valence-corrected chi connectivity index (χ2v) is 17.1. The predicted molar refractivity (Wildman–Crippen MR) is 252 cm³/mol. The molecular weight excluding hydrogens is 745 g/mol. The van der Waals surface area contributed by atoms with Crippen LogP contribution in [0.1, 0.15) is 22.3 Å². The van der Waals surface area contributed by atoms with Gasteiger partial charge in [-0.1, -0.05) is 169 Å². The molecule has 10 aromatic carbocycles. The highest BCUT2D eigenvalue weighted by Crippen LogP contribution is 2.61. The molecule has 2 heterocycles. The van der Waals surface area contributed by atoms with E-state index < -0.39 is 5.41 Å². The highest BCUT2D eigenvalue weighted by atomic mass is 32.2. The first-order chi connectivity index (χ1) is 29.8. The van der Waals surface area contributed by atoms with Gasteiger partial charge in [-0.3, -0.25) is 0 Å². The Morgan fingerprint density at radius 3 is 1.90 bits per heavy atom. The Hall–Kier alpha value is -7.33. The number of rotatable bonds is 4. The summed E-state index contributed by atoms with van der Waals surface area (Å²) in [5.74, 6) is 0. The summed E-state index contributed by atoms with van der Waals surface area (Å²) in [6, 6.07) is 81.2. The van der Waals surface area contributed by atoms with Crippen molar-refractivity contribution in [2.75, 3.05) is 4.90 Å². The van der Waals surface area contributed by atoms with E-state index in [-0.39, 0.29) is 0 Å². The van der Waals surface area contributed by atoms with Gasteiger partial charge >= 0.3 is 0 Å². The van der Waals surface area contributed by atoms with Crippen LogP contribution < -0.4 is 4.90 Å². The second-order valence-electron chi connectivity index (χ2n) is 16.0. The monoisotopic (exact) mass is 780 g/mol. The van der Waals surface area contributed by atoms with Crippen molar-refractivity contribution in [1.29, 1.82) is 0 Å². The molecule has 11 aromatic rings. The van der Waals surface area contributed by atoms with E-state index in [0.29, 0.717) is 0 Å². The summed E-state index contributed by atoms with van der Waals surface area (Å²) in [4.78, 5) is 5.01. The van der Waals surface area contributed by atoms with E-state index in [2.05, 4.69) is 228 Å². The van der Waals surface area contributed by atoms with Crippen LogP contribution in [0.25, 0.3) is 60.2 Å². The molecule has 1 atom stereocenters. The molecule has 1 aliphatic carbocycles. The molecule has 2 nitrogen and oxygen atoms in total. The molecule has 0 saturated heterocycles. The van der Waals surface area contributed by atoms with Crippen molar-refractivity contribution in [2.45, 2.75) is 15.2 Å². The lowest BCUT2D eigenvalue weighted by molar-refractivity contribution is 0.707. The number of para-hydroxylation sites is 2. The number of anilines is 3. The van der Waals surface area contributed by atoms with Gasteiger partial charge in [-0.05, 0) is 116 Å². The van der Waals surface area contributed by atoms with Crippen LogP contribution in [0.5, 0.6) is 0 Å². The SMILES string of the molecule is c1ccc(-n2c3ccccc3c3ccc(N(c4ccc5c(c4)Sc4ccccc4C54c5ccccc5-c5cccc6cccc4c56)c4ccc5ccccc5c4)cc32)cc1. The van der Waals surface area contributed by atoms with Crippen LogP contribution in [0.4, 0.5) is 17.1 Å². The van der Waals surface area contributed by atoms with Gasteiger partial charge in [-0.25, -0.2) is 0 Å². The fourth-order valence-corrected chi connectivity index (χ4v) is 11.8. The molecule has 0 bridgehead atoms. The van der Waals surface area contributed by atoms with Crippen LogP contribution in [-0.2, 0) is 5.41 Å². The third-order valence-electron chi connectivity index (χ3n) is 13.0. The molecule has 0 fully saturated rings. The Bertz CT molecular complexity index is 3540. The zero-order chi connectivity index (χ0) is 39.4. The molecule has 1 spiro atoms. The van der Waals surface area contributed by atoms with Gasteiger partial charge in [0.05, 0.1) is 16.4 Å². The molecular formula is C57H36N2S. The maximum atomic E-state index is 2.46. The van der Waals surface area contributed by atoms with Crippen molar-refractivity contribution < 1.29 is 0 Å². The van der Waals surface area contributed by atoms with E-state index in [4.69, 9.17) is 0 Å². The number of fused-ring (bicyclic) bond motifs is 12. The minimum Gasteiger partial charge on any atom is -0.310 e. The lowest BCUT2D eigenvalue weighted by Gasteiger charge is -2.46. The zero-order valence-corrected chi connectivity index (χ0v) is 33.4. The Labute approximate surface area is 352 Å². The molecule has 60 heavy (non-hydrogen) atoms. The fourth-order valence-electron chi connectivity index (χ4n) is 10.5. The number of nitrogens with zero attached hydrogens (tertiary/aromatic N) is 2. The standard InChI is InChI=1S/C57H36N2S/c1-2-18-40(19-3-1)59-52-26-10-7-21-45(52)46-32-30-42(35-53(46)59)58(41-29-28-37-14-4-5-15-39(37)34-41)43-31-33-50-55(36-43)60-54-27-11-9-24-49(54)57(50)48-23-8-6-20-44(48)47-22-12-16-38-17-13-25-51(57)56(38)47/h1-36H. The molecule has 0 N–H and O–H groups in total. The molecule has 0 amide bonds. The normalized spacial score (nSPS) is 15.0. The second kappa shape index (κ2) is 12.8. The van der Waals surface area contributed by atoms with Gasteiger partial charge in [0.25, 0.3) is 0 Å². The maximum absolute atomic E-state index is 2.46. The van der Waals surface area contributed by atoms with Gasteiger partial charge in [0.15, 0.2) is 0 Å². The molecule has 280 valence electrons. The van der Waals surface area contributed by atoms with Gasteiger partial charge in [0, 0.05) is 43.3 Å². The quantitative estimate of drug-likeness (QED) is 0.176. The van der Waals surface area contributed by atoms with Crippen molar-refractivity contribution in [2.24, 2.45) is 0 Å². The van der Waals surface area contributed by atoms with E-state index >= 15 is 0 Å². The summed E-state index contributed by atoms with van der Waals surface area (Å²) in [6.45, 7) is 0. The van der Waals surface area contributed by atoms with Crippen LogP contribution in [0.3, 0.4) is 0 Å². The Balaban J connectivity index is 1.08. The Morgan fingerprint density at radius 2 is 0.983 bits per heavy atom. The fraction of sp³-hybridized carbons (Fsp3) is 0.0175. The van der Waals surface area contributed by atoms with E-state index in [1.54, 1.807) is 0 Å². The van der Waals surface area contributed by atoms with E-state index in [0.717, 1.165) is 22.7 Å². The highest BCUT2D eigenvalue weighted by Gasteiger charge is 2.48. The van der Waals surface area contributed by atoms with Crippen molar-refractivity contribution in [3.8, 4) is 16.8 Å². The Morgan fingerprint density at radius 1 is 0.367 bits per heavy atom. The third kappa shape index (κ3) is 4.67. The number of hydrogen-bond acceptors (Lipinski definition) is 2. The minimum absolute atomic E-state index is 0.497. The molecule has 3 heteroatoms. The highest BCUT2D eigenvalue weighted by molar-refractivity contribution is 7.99. The van der Waals surface area contributed by atoms with Crippen molar-refractivity contribution in [1.82, 2.24) is 4.57 Å². The first kappa shape index (κ1) is 33.6. The number of benzene rings is 10. The van der Waals surface area contributed by atoms with Gasteiger partial charge in [-0.15, -0.1) is 0 Å². The van der Waals surface area contributed by atoms with E-state index in [1.165, 1.54) is 86.5 Å². The van der Waals surface area contributed by atoms with Crippen molar-refractivity contribution >= 4 is 72.2 Å². The lowest BCUT2D eigenvalue weighted by atomic mass is 9.59. The largest absolute Gasteiger partial charge is 0.310 e. The first-order valence-corrected chi connectivity index (χ1v) is 21.5. The molecule has 13 rings (SSSR count). The van der Waals surface area contributed by atoms with Gasteiger partial charge < -0.3 is 9.47 Å². The topological polar surface area (TPSA) is 8.17 Å². The molecule has 1 unspecified atom stereocenters. The molecule has 0 saturated carbocycles. The van der Waals surface area contributed by atoms with E-state index in [9.17, 15) is 0 Å². The zero-order valence-electron chi connectivity index (χ0n) is 32.6. The lowest BCUT2D eigenvalue weighted by Crippen LogP contribution is -2.36. The first-order valence-electron chi connectivity index (χ1n) is 20.7. The summed E-state index contributed by atoms with van der Waals surface area (Å²) in [5, 5.41) is 7.55. The minimum atomic E-state index is -0.497. The number of aromatic nitrogens is 1. The predicted octanol–water partition coefficient (Wildman–Crippen LogP) is 15.4. The molecule has 0 radical (unpaired) electrons. The summed E-state index contributed by atoms with van der Waals surface area (Å²) in [7, 11) is 0. The van der Waals surface area contributed by atoms with Crippen molar-refractivity contribution in [3.05, 3.63) is 241 Å². The molecule has 1 aliphatic heterocycles. The van der Waals surface area contributed by atoms with Gasteiger partial charge in [-0.2, -0.15) is 0 Å². The third-order valence-corrected chi connectivity index (χ3v) is 14.1. The molecule has 2 aliphatic rings. The Kier molecular flexibility index (Phi) is 7.19.